The SMILES string of the molecule is CNCc1cc(S(=O)(=O)NCCn2ccnc2)c(Br)s1. The Labute approximate surface area is 130 Å². The summed E-state index contributed by atoms with van der Waals surface area (Å²) in [6.45, 7) is 1.51. The highest BCUT2D eigenvalue weighted by Crippen LogP contribution is 2.31. The highest BCUT2D eigenvalue weighted by Gasteiger charge is 2.20. The first-order chi connectivity index (χ1) is 9.53. The lowest BCUT2D eigenvalue weighted by atomic mass is 10.5. The summed E-state index contributed by atoms with van der Waals surface area (Å²) in [4.78, 5) is 5.16. The smallest absolute Gasteiger partial charge is 0.242 e. The lowest BCUT2D eigenvalue weighted by Gasteiger charge is -2.06. The van der Waals surface area contributed by atoms with E-state index in [9.17, 15) is 8.42 Å². The van der Waals surface area contributed by atoms with Crippen molar-refractivity contribution >= 4 is 37.3 Å². The van der Waals surface area contributed by atoms with Gasteiger partial charge in [0, 0.05) is 36.9 Å². The van der Waals surface area contributed by atoms with Crippen molar-refractivity contribution < 1.29 is 8.42 Å². The van der Waals surface area contributed by atoms with Crippen LogP contribution in [0, 0.1) is 0 Å². The lowest BCUT2D eigenvalue weighted by Crippen LogP contribution is -2.27. The Kier molecular flexibility index (Phi) is 5.33. The van der Waals surface area contributed by atoms with Gasteiger partial charge in [-0.1, -0.05) is 0 Å². The van der Waals surface area contributed by atoms with Gasteiger partial charge in [-0.2, -0.15) is 0 Å². The molecular weight excluding hydrogens is 364 g/mol. The molecular formula is C11H15BrN4O2S2. The number of hydrogen-bond acceptors (Lipinski definition) is 5. The standard InChI is InChI=1S/C11H15BrN4O2S2/c1-13-7-9-6-10(11(12)19-9)20(17,18)15-3-5-16-4-2-14-8-16/h2,4,6,8,13,15H,3,5,7H2,1H3. The molecule has 0 saturated carbocycles. The number of hydrogen-bond donors (Lipinski definition) is 2. The van der Waals surface area contributed by atoms with Crippen molar-refractivity contribution in [2.75, 3.05) is 13.6 Å². The second kappa shape index (κ2) is 6.81. The van der Waals surface area contributed by atoms with Crippen LogP contribution in [0.25, 0.3) is 0 Å². The molecule has 20 heavy (non-hydrogen) atoms. The van der Waals surface area contributed by atoms with Gasteiger partial charge in [0.15, 0.2) is 0 Å². The van der Waals surface area contributed by atoms with Crippen LogP contribution in [-0.4, -0.2) is 31.6 Å². The molecule has 0 spiro atoms. The summed E-state index contributed by atoms with van der Waals surface area (Å²) in [6, 6.07) is 1.69. The van der Waals surface area contributed by atoms with E-state index in [1.165, 1.54) is 11.3 Å². The molecule has 0 radical (unpaired) electrons. The summed E-state index contributed by atoms with van der Waals surface area (Å²) in [6.07, 6.45) is 5.10. The third-order valence-corrected chi connectivity index (χ3v) is 6.28. The Hall–Kier alpha value is -0.740. The number of imidazole rings is 1. The number of sulfonamides is 1. The van der Waals surface area contributed by atoms with Gasteiger partial charge >= 0.3 is 0 Å². The number of nitrogens with zero attached hydrogens (tertiary/aromatic N) is 2. The van der Waals surface area contributed by atoms with Crippen LogP contribution in [0.3, 0.4) is 0 Å². The molecule has 0 saturated heterocycles. The van der Waals surface area contributed by atoms with Crippen molar-refractivity contribution in [1.82, 2.24) is 19.6 Å². The molecule has 2 aromatic rings. The Morgan fingerprint density at radius 3 is 2.95 bits per heavy atom. The minimum absolute atomic E-state index is 0.290. The van der Waals surface area contributed by atoms with E-state index in [1.807, 2.05) is 11.6 Å². The summed E-state index contributed by atoms with van der Waals surface area (Å²) in [5.74, 6) is 0. The van der Waals surface area contributed by atoms with Gasteiger partial charge in [0.25, 0.3) is 0 Å². The third kappa shape index (κ3) is 3.89. The predicted octanol–water partition coefficient (Wildman–Crippen LogP) is 1.41. The normalized spacial score (nSPS) is 11.9. The van der Waals surface area contributed by atoms with Crippen LogP contribution in [0.4, 0.5) is 0 Å². The van der Waals surface area contributed by atoms with E-state index >= 15 is 0 Å². The molecule has 0 bridgehead atoms. The summed E-state index contributed by atoms with van der Waals surface area (Å²) < 4.78 is 29.5. The Bertz CT molecular complexity index is 652. The van der Waals surface area contributed by atoms with Crippen molar-refractivity contribution in [1.29, 1.82) is 0 Å². The van der Waals surface area contributed by atoms with E-state index < -0.39 is 10.0 Å². The quantitative estimate of drug-likeness (QED) is 0.763. The topological polar surface area (TPSA) is 76.0 Å². The van der Waals surface area contributed by atoms with Crippen molar-refractivity contribution in [2.45, 2.75) is 18.0 Å². The molecule has 0 atom stereocenters. The first-order valence-electron chi connectivity index (χ1n) is 5.91. The number of aromatic nitrogens is 2. The third-order valence-electron chi connectivity index (χ3n) is 2.57. The number of thiophene rings is 1. The molecule has 0 aromatic carbocycles. The number of rotatable bonds is 7. The Morgan fingerprint density at radius 1 is 1.50 bits per heavy atom. The zero-order valence-corrected chi connectivity index (χ0v) is 14.1. The minimum Gasteiger partial charge on any atom is -0.336 e. The number of halogens is 1. The van der Waals surface area contributed by atoms with Gasteiger partial charge in [-0.25, -0.2) is 18.1 Å². The van der Waals surface area contributed by atoms with Crippen molar-refractivity contribution in [2.24, 2.45) is 0 Å². The zero-order valence-electron chi connectivity index (χ0n) is 10.8. The van der Waals surface area contributed by atoms with Crippen LogP contribution in [0.1, 0.15) is 4.88 Å². The molecule has 2 rings (SSSR count). The van der Waals surface area contributed by atoms with E-state index in [2.05, 4.69) is 31.0 Å². The summed E-state index contributed by atoms with van der Waals surface area (Å²) in [5, 5.41) is 3.00. The zero-order chi connectivity index (χ0) is 14.6. The summed E-state index contributed by atoms with van der Waals surface area (Å²) >= 11 is 4.73. The van der Waals surface area contributed by atoms with Gasteiger partial charge in [-0.3, -0.25) is 0 Å². The van der Waals surface area contributed by atoms with Gasteiger partial charge < -0.3 is 9.88 Å². The lowest BCUT2D eigenvalue weighted by molar-refractivity contribution is 0.572. The van der Waals surface area contributed by atoms with Gasteiger partial charge in [0.05, 0.1) is 10.1 Å². The van der Waals surface area contributed by atoms with Crippen LogP contribution in [0.2, 0.25) is 0 Å². The molecule has 2 heterocycles. The number of nitrogens with one attached hydrogen (secondary N) is 2. The maximum Gasteiger partial charge on any atom is 0.242 e. The predicted molar refractivity (Wildman–Crippen MR) is 82.2 cm³/mol. The van der Waals surface area contributed by atoms with Crippen LogP contribution < -0.4 is 10.0 Å². The van der Waals surface area contributed by atoms with E-state index in [0.717, 1.165) is 4.88 Å². The fraction of sp³-hybridized carbons (Fsp3) is 0.364. The monoisotopic (exact) mass is 378 g/mol. The van der Waals surface area contributed by atoms with Crippen LogP contribution in [0.15, 0.2) is 33.5 Å². The van der Waals surface area contributed by atoms with Gasteiger partial charge in [0.1, 0.15) is 4.90 Å². The van der Waals surface area contributed by atoms with E-state index in [-0.39, 0.29) is 0 Å². The van der Waals surface area contributed by atoms with Gasteiger partial charge in [-0.15, -0.1) is 11.3 Å². The minimum atomic E-state index is -3.49. The molecule has 2 N–H and O–H groups in total. The molecule has 0 unspecified atom stereocenters. The molecule has 0 fully saturated rings. The first-order valence-corrected chi connectivity index (χ1v) is 9.00. The van der Waals surface area contributed by atoms with Crippen LogP contribution in [-0.2, 0) is 23.1 Å². The molecule has 0 amide bonds. The average Bonchev–Trinajstić information content (AvgIpc) is 2.99. The van der Waals surface area contributed by atoms with Crippen molar-refractivity contribution in [3.8, 4) is 0 Å². The first kappa shape index (κ1) is 15.6. The second-order valence-electron chi connectivity index (χ2n) is 4.08. The van der Waals surface area contributed by atoms with Crippen LogP contribution >= 0.6 is 27.3 Å². The van der Waals surface area contributed by atoms with Gasteiger partial charge in [0.2, 0.25) is 10.0 Å². The summed E-state index contributed by atoms with van der Waals surface area (Å²) in [5.41, 5.74) is 0. The highest BCUT2D eigenvalue weighted by molar-refractivity contribution is 9.11. The Morgan fingerprint density at radius 2 is 2.30 bits per heavy atom. The molecule has 110 valence electrons. The van der Waals surface area contributed by atoms with E-state index in [1.54, 1.807) is 24.8 Å². The average molecular weight is 379 g/mol. The molecule has 9 heteroatoms. The van der Waals surface area contributed by atoms with Crippen molar-refractivity contribution in [3.63, 3.8) is 0 Å². The van der Waals surface area contributed by atoms with Crippen LogP contribution in [0.5, 0.6) is 0 Å². The molecule has 0 aliphatic heterocycles. The van der Waals surface area contributed by atoms with E-state index in [4.69, 9.17) is 0 Å². The fourth-order valence-electron chi connectivity index (χ4n) is 1.65. The molecule has 0 aliphatic carbocycles. The Balaban J connectivity index is 2.02. The highest BCUT2D eigenvalue weighted by atomic mass is 79.9. The maximum atomic E-state index is 12.2. The molecule has 6 nitrogen and oxygen atoms in total. The maximum absolute atomic E-state index is 12.2. The summed E-state index contributed by atoms with van der Waals surface area (Å²) in [7, 11) is -1.67. The fourth-order valence-corrected chi connectivity index (χ4v) is 5.36. The second-order valence-corrected chi connectivity index (χ2v) is 8.27. The van der Waals surface area contributed by atoms with Gasteiger partial charge in [-0.05, 0) is 29.0 Å². The molecule has 2 aromatic heterocycles. The molecule has 0 aliphatic rings. The van der Waals surface area contributed by atoms with Crippen molar-refractivity contribution in [3.05, 3.63) is 33.5 Å². The van der Waals surface area contributed by atoms with E-state index in [0.29, 0.717) is 28.3 Å². The largest absolute Gasteiger partial charge is 0.336 e.